The predicted octanol–water partition coefficient (Wildman–Crippen LogP) is 8.11. The summed E-state index contributed by atoms with van der Waals surface area (Å²) < 4.78 is 13.1. The monoisotopic (exact) mass is 601 g/mol. The fourth-order valence-electron chi connectivity index (χ4n) is 3.85. The van der Waals surface area contributed by atoms with E-state index in [4.69, 9.17) is 9.47 Å². The maximum atomic E-state index is 12.5. The number of rotatable bonds is 6. The van der Waals surface area contributed by atoms with E-state index in [0.717, 1.165) is 36.8 Å². The number of hydrogen-bond acceptors (Lipinski definition) is 4. The molecule has 36 heavy (non-hydrogen) atoms. The lowest BCUT2D eigenvalue weighted by molar-refractivity contribution is -0.129. The van der Waals surface area contributed by atoms with Gasteiger partial charge in [-0.3, -0.25) is 0 Å². The van der Waals surface area contributed by atoms with Gasteiger partial charge in [-0.05, 0) is 96.9 Å². The molecule has 0 unspecified atom stereocenters. The molecule has 1 aliphatic heterocycles. The standard InChI is InChI=1S/C30H21Br2NO3/c1-19-7-5-6-10-24(19)18-35-28-25(31)15-20(16-26(28)32)17-27-30(34)36-29(33-27)23-13-11-22(12-14-23)21-8-3-2-4-9-21/h2-17H,18H2,1H3/b27-17-. The van der Waals surface area contributed by atoms with Crippen LogP contribution in [0.4, 0.5) is 0 Å². The van der Waals surface area contributed by atoms with Gasteiger partial charge < -0.3 is 9.47 Å². The molecule has 178 valence electrons. The number of carbonyl (C=O) groups is 1. The molecule has 0 N–H and O–H groups in total. The van der Waals surface area contributed by atoms with Crippen molar-refractivity contribution in [2.45, 2.75) is 13.5 Å². The summed E-state index contributed by atoms with van der Waals surface area (Å²) in [6.45, 7) is 2.51. The summed E-state index contributed by atoms with van der Waals surface area (Å²) >= 11 is 7.19. The molecule has 0 aromatic heterocycles. The number of nitrogens with zero attached hydrogens (tertiary/aromatic N) is 1. The number of hydrogen-bond donors (Lipinski definition) is 0. The average molecular weight is 603 g/mol. The van der Waals surface area contributed by atoms with E-state index in [1.165, 1.54) is 5.56 Å². The Balaban J connectivity index is 1.34. The fraction of sp³-hybridized carbons (Fsp3) is 0.0667. The summed E-state index contributed by atoms with van der Waals surface area (Å²) in [6, 6.07) is 29.8. The van der Waals surface area contributed by atoms with Crippen LogP contribution in [0.2, 0.25) is 0 Å². The number of ether oxygens (including phenoxy) is 2. The number of esters is 1. The van der Waals surface area contributed by atoms with Crippen LogP contribution in [0, 0.1) is 6.92 Å². The molecule has 1 aliphatic rings. The minimum Gasteiger partial charge on any atom is -0.487 e. The van der Waals surface area contributed by atoms with Crippen molar-refractivity contribution in [3.05, 3.63) is 128 Å². The third kappa shape index (κ3) is 5.35. The van der Waals surface area contributed by atoms with Gasteiger partial charge in [0.05, 0.1) is 8.95 Å². The van der Waals surface area contributed by atoms with Crippen molar-refractivity contribution in [2.75, 3.05) is 0 Å². The number of aliphatic imine (C=N–C) groups is 1. The third-order valence-corrected chi connectivity index (χ3v) is 6.99. The van der Waals surface area contributed by atoms with E-state index < -0.39 is 5.97 Å². The Kier molecular flexibility index (Phi) is 7.16. The largest absolute Gasteiger partial charge is 0.487 e. The van der Waals surface area contributed by atoms with Gasteiger partial charge in [0.1, 0.15) is 12.4 Å². The highest BCUT2D eigenvalue weighted by atomic mass is 79.9. The number of halogens is 2. The Labute approximate surface area is 226 Å². The Morgan fingerprint density at radius 2 is 1.44 bits per heavy atom. The summed E-state index contributed by atoms with van der Waals surface area (Å²) in [5.41, 5.74) is 6.27. The second kappa shape index (κ2) is 10.6. The molecular formula is C30H21Br2NO3. The topological polar surface area (TPSA) is 47.9 Å². The van der Waals surface area contributed by atoms with Gasteiger partial charge in [-0.1, -0.05) is 66.7 Å². The molecule has 0 fully saturated rings. The second-order valence-corrected chi connectivity index (χ2v) is 10.0. The van der Waals surface area contributed by atoms with E-state index in [1.54, 1.807) is 6.08 Å². The molecule has 0 amide bonds. The van der Waals surface area contributed by atoms with Crippen molar-refractivity contribution in [2.24, 2.45) is 4.99 Å². The van der Waals surface area contributed by atoms with Gasteiger partial charge in [0, 0.05) is 5.56 Å². The number of aryl methyl sites for hydroxylation is 1. The molecule has 5 rings (SSSR count). The molecule has 0 aliphatic carbocycles. The highest BCUT2D eigenvalue weighted by molar-refractivity contribution is 9.11. The van der Waals surface area contributed by atoms with Crippen molar-refractivity contribution < 1.29 is 14.3 Å². The molecule has 0 bridgehead atoms. The van der Waals surface area contributed by atoms with E-state index in [2.05, 4.69) is 62.0 Å². The quantitative estimate of drug-likeness (QED) is 0.165. The number of benzene rings is 4. The molecule has 0 spiro atoms. The summed E-state index contributed by atoms with van der Waals surface area (Å²) in [4.78, 5) is 17.0. The van der Waals surface area contributed by atoms with Gasteiger partial charge in [-0.2, -0.15) is 0 Å². The molecule has 4 aromatic carbocycles. The van der Waals surface area contributed by atoms with Gasteiger partial charge in [0.2, 0.25) is 5.90 Å². The SMILES string of the molecule is Cc1ccccc1COc1c(Br)cc(/C=C2\N=C(c3ccc(-c4ccccc4)cc3)OC2=O)cc1Br. The smallest absolute Gasteiger partial charge is 0.363 e. The van der Waals surface area contributed by atoms with E-state index in [1.807, 2.05) is 72.8 Å². The first-order chi connectivity index (χ1) is 17.5. The van der Waals surface area contributed by atoms with Crippen molar-refractivity contribution in [3.8, 4) is 16.9 Å². The lowest BCUT2D eigenvalue weighted by Gasteiger charge is -2.12. The maximum absolute atomic E-state index is 12.5. The predicted molar refractivity (Wildman–Crippen MR) is 150 cm³/mol. The molecule has 0 atom stereocenters. The van der Waals surface area contributed by atoms with Crippen molar-refractivity contribution in [1.29, 1.82) is 0 Å². The van der Waals surface area contributed by atoms with E-state index in [0.29, 0.717) is 18.3 Å². The normalized spacial score (nSPS) is 14.0. The summed E-state index contributed by atoms with van der Waals surface area (Å²) in [5.74, 6) is 0.503. The first-order valence-corrected chi connectivity index (χ1v) is 12.9. The van der Waals surface area contributed by atoms with Crippen LogP contribution in [-0.2, 0) is 16.1 Å². The first-order valence-electron chi connectivity index (χ1n) is 11.3. The zero-order valence-corrected chi connectivity index (χ0v) is 22.5. The van der Waals surface area contributed by atoms with Crippen LogP contribution < -0.4 is 4.74 Å². The van der Waals surface area contributed by atoms with Crippen LogP contribution in [0.15, 0.2) is 111 Å². The van der Waals surface area contributed by atoms with E-state index >= 15 is 0 Å². The van der Waals surface area contributed by atoms with E-state index in [-0.39, 0.29) is 5.70 Å². The fourth-order valence-corrected chi connectivity index (χ4v) is 5.30. The molecule has 0 radical (unpaired) electrons. The van der Waals surface area contributed by atoms with Crippen LogP contribution in [0.25, 0.3) is 17.2 Å². The molecule has 6 heteroatoms. The highest BCUT2D eigenvalue weighted by Gasteiger charge is 2.24. The molecule has 4 nitrogen and oxygen atoms in total. The molecule has 1 heterocycles. The van der Waals surface area contributed by atoms with Gasteiger partial charge in [-0.15, -0.1) is 0 Å². The van der Waals surface area contributed by atoms with E-state index in [9.17, 15) is 4.79 Å². The second-order valence-electron chi connectivity index (χ2n) is 8.31. The van der Waals surface area contributed by atoms with Crippen LogP contribution in [0.5, 0.6) is 5.75 Å². The summed E-state index contributed by atoms with van der Waals surface area (Å²) in [7, 11) is 0. The zero-order valence-electron chi connectivity index (χ0n) is 19.4. The molecule has 0 saturated carbocycles. The minimum absolute atomic E-state index is 0.240. The molecular weight excluding hydrogens is 582 g/mol. The lowest BCUT2D eigenvalue weighted by Crippen LogP contribution is -2.05. The lowest BCUT2D eigenvalue weighted by atomic mass is 10.0. The minimum atomic E-state index is -0.482. The Morgan fingerprint density at radius 1 is 0.833 bits per heavy atom. The average Bonchev–Trinajstić information content (AvgIpc) is 3.25. The Hall–Kier alpha value is -3.48. The third-order valence-electron chi connectivity index (χ3n) is 5.82. The van der Waals surface area contributed by atoms with Crippen LogP contribution in [-0.4, -0.2) is 11.9 Å². The summed E-state index contributed by atoms with van der Waals surface area (Å²) in [5, 5.41) is 0. The van der Waals surface area contributed by atoms with Gasteiger partial charge in [0.15, 0.2) is 5.70 Å². The first kappa shape index (κ1) is 24.2. The van der Waals surface area contributed by atoms with Crippen molar-refractivity contribution in [1.82, 2.24) is 0 Å². The van der Waals surface area contributed by atoms with Gasteiger partial charge in [-0.25, -0.2) is 9.79 Å². The van der Waals surface area contributed by atoms with Crippen LogP contribution >= 0.6 is 31.9 Å². The van der Waals surface area contributed by atoms with Gasteiger partial charge in [0.25, 0.3) is 0 Å². The zero-order chi connectivity index (χ0) is 25.1. The number of cyclic esters (lactones) is 1. The van der Waals surface area contributed by atoms with Crippen molar-refractivity contribution in [3.63, 3.8) is 0 Å². The Morgan fingerprint density at radius 3 is 2.14 bits per heavy atom. The summed E-state index contributed by atoms with van der Waals surface area (Å²) in [6.07, 6.45) is 1.70. The number of carbonyl (C=O) groups excluding carboxylic acids is 1. The van der Waals surface area contributed by atoms with Crippen LogP contribution in [0.1, 0.15) is 22.3 Å². The maximum Gasteiger partial charge on any atom is 0.363 e. The van der Waals surface area contributed by atoms with Crippen LogP contribution in [0.3, 0.4) is 0 Å². The molecule has 4 aromatic rings. The Bertz CT molecular complexity index is 1470. The molecule has 0 saturated heterocycles. The van der Waals surface area contributed by atoms with Gasteiger partial charge >= 0.3 is 5.97 Å². The highest BCUT2D eigenvalue weighted by Crippen LogP contribution is 2.36. The van der Waals surface area contributed by atoms with Crippen molar-refractivity contribution >= 4 is 49.8 Å².